The summed E-state index contributed by atoms with van der Waals surface area (Å²) in [6, 6.07) is 5.63. The van der Waals surface area contributed by atoms with Gasteiger partial charge in [-0.2, -0.15) is 0 Å². The van der Waals surface area contributed by atoms with Crippen molar-refractivity contribution in [2.45, 2.75) is 26.3 Å². The van der Waals surface area contributed by atoms with Crippen molar-refractivity contribution in [2.75, 3.05) is 18.1 Å². The molecule has 0 radical (unpaired) electrons. The van der Waals surface area contributed by atoms with Gasteiger partial charge < -0.3 is 9.30 Å². The van der Waals surface area contributed by atoms with E-state index in [-0.39, 0.29) is 29.9 Å². The number of carbonyl (C=O) groups is 1. The Morgan fingerprint density at radius 1 is 1.35 bits per heavy atom. The molecule has 140 valence electrons. The predicted molar refractivity (Wildman–Crippen MR) is 100 cm³/mol. The number of hydrogen-bond acceptors (Lipinski definition) is 4. The molecule has 1 aromatic carbocycles. The molecule has 1 unspecified atom stereocenters. The van der Waals surface area contributed by atoms with E-state index in [1.165, 1.54) is 18.2 Å². The zero-order chi connectivity index (χ0) is 19.1. The lowest BCUT2D eigenvalue weighted by Gasteiger charge is -2.16. The molecule has 1 saturated heterocycles. The number of benzene rings is 1. The predicted octanol–water partition coefficient (Wildman–Crippen LogP) is 3.63. The number of hydrogen-bond donors (Lipinski definition) is 0. The summed E-state index contributed by atoms with van der Waals surface area (Å²) in [7, 11) is -3.01. The number of carbonyl (C=O) groups excluding carboxylic acids is 1. The van der Waals surface area contributed by atoms with Crippen LogP contribution >= 0.6 is 15.9 Å². The molecule has 0 amide bonds. The first-order valence-electron chi connectivity index (χ1n) is 8.18. The van der Waals surface area contributed by atoms with Crippen molar-refractivity contribution in [1.82, 2.24) is 4.57 Å². The van der Waals surface area contributed by atoms with E-state index in [4.69, 9.17) is 4.74 Å². The zero-order valence-electron chi connectivity index (χ0n) is 14.5. The van der Waals surface area contributed by atoms with Gasteiger partial charge in [-0.1, -0.05) is 0 Å². The van der Waals surface area contributed by atoms with E-state index in [2.05, 4.69) is 15.9 Å². The van der Waals surface area contributed by atoms with Crippen molar-refractivity contribution in [3.63, 3.8) is 0 Å². The summed E-state index contributed by atoms with van der Waals surface area (Å²) in [6.07, 6.45) is 0.561. The molecular weight excluding hydrogens is 425 g/mol. The molecule has 1 fully saturated rings. The van der Waals surface area contributed by atoms with E-state index in [9.17, 15) is 17.6 Å². The van der Waals surface area contributed by atoms with Gasteiger partial charge in [-0.05, 0) is 60.5 Å². The van der Waals surface area contributed by atoms with Crippen molar-refractivity contribution < 1.29 is 22.3 Å². The van der Waals surface area contributed by atoms with Crippen LogP contribution in [0.15, 0.2) is 28.7 Å². The summed E-state index contributed by atoms with van der Waals surface area (Å²) in [5, 5.41) is 0. The minimum atomic E-state index is -3.01. The standard InChI is InChI=1S/C18H19BrFNO4S/c1-11-7-15(12(2)21(11)14-5-6-26(23,24)10-14)17(22)9-25-18-4-3-13(20)8-16(18)19/h3-4,7-8,14H,5-6,9-10H2,1-2H3. The van der Waals surface area contributed by atoms with Gasteiger partial charge >= 0.3 is 0 Å². The maximum atomic E-state index is 13.1. The monoisotopic (exact) mass is 443 g/mol. The van der Waals surface area contributed by atoms with Crippen LogP contribution in [0.3, 0.4) is 0 Å². The van der Waals surface area contributed by atoms with Gasteiger partial charge in [0.2, 0.25) is 5.78 Å². The van der Waals surface area contributed by atoms with E-state index < -0.39 is 15.7 Å². The molecule has 0 aliphatic carbocycles. The smallest absolute Gasteiger partial charge is 0.202 e. The zero-order valence-corrected chi connectivity index (χ0v) is 16.9. The lowest BCUT2D eigenvalue weighted by atomic mass is 10.1. The molecule has 5 nitrogen and oxygen atoms in total. The highest BCUT2D eigenvalue weighted by molar-refractivity contribution is 9.10. The summed E-state index contributed by atoms with van der Waals surface area (Å²) >= 11 is 3.20. The minimum Gasteiger partial charge on any atom is -0.484 e. The number of sulfone groups is 1. The Morgan fingerprint density at radius 3 is 2.69 bits per heavy atom. The summed E-state index contributed by atoms with van der Waals surface area (Å²) in [5.41, 5.74) is 2.12. The first-order valence-corrected chi connectivity index (χ1v) is 10.8. The quantitative estimate of drug-likeness (QED) is 0.661. The topological polar surface area (TPSA) is 65.4 Å². The molecule has 0 bridgehead atoms. The van der Waals surface area contributed by atoms with Crippen LogP contribution in [0.5, 0.6) is 5.75 Å². The number of halogens is 2. The van der Waals surface area contributed by atoms with Crippen molar-refractivity contribution in [1.29, 1.82) is 0 Å². The molecule has 0 saturated carbocycles. The van der Waals surface area contributed by atoms with Gasteiger partial charge in [0.15, 0.2) is 16.4 Å². The lowest BCUT2D eigenvalue weighted by molar-refractivity contribution is 0.0920. The van der Waals surface area contributed by atoms with Crippen molar-refractivity contribution in [2.24, 2.45) is 0 Å². The first kappa shape index (κ1) is 19.1. The van der Waals surface area contributed by atoms with Crippen molar-refractivity contribution >= 4 is 31.6 Å². The van der Waals surface area contributed by atoms with Gasteiger partial charge in [-0.3, -0.25) is 4.79 Å². The highest BCUT2D eigenvalue weighted by Gasteiger charge is 2.31. The Morgan fingerprint density at radius 2 is 2.08 bits per heavy atom. The Bertz CT molecular complexity index is 968. The number of ether oxygens (including phenoxy) is 1. The van der Waals surface area contributed by atoms with E-state index in [1.54, 1.807) is 6.07 Å². The fraction of sp³-hybridized carbons (Fsp3) is 0.389. The first-order chi connectivity index (χ1) is 12.2. The van der Waals surface area contributed by atoms with Crippen molar-refractivity contribution in [3.05, 3.63) is 51.5 Å². The fourth-order valence-electron chi connectivity index (χ4n) is 3.41. The number of ketones is 1. The van der Waals surface area contributed by atoms with Crippen LogP contribution in [0, 0.1) is 19.7 Å². The number of nitrogens with zero attached hydrogens (tertiary/aromatic N) is 1. The van der Waals surface area contributed by atoms with Crippen LogP contribution in [-0.4, -0.2) is 36.9 Å². The second-order valence-electron chi connectivity index (χ2n) is 6.50. The average Bonchev–Trinajstić information content (AvgIpc) is 3.05. The second kappa shape index (κ2) is 7.15. The molecule has 1 atom stereocenters. The summed E-state index contributed by atoms with van der Waals surface area (Å²) < 4.78 is 44.5. The second-order valence-corrected chi connectivity index (χ2v) is 9.58. The molecule has 0 spiro atoms. The molecule has 2 heterocycles. The van der Waals surface area contributed by atoms with Crippen LogP contribution in [-0.2, 0) is 9.84 Å². The third-order valence-electron chi connectivity index (χ3n) is 4.61. The van der Waals surface area contributed by atoms with Gasteiger partial charge in [0, 0.05) is 23.0 Å². The minimum absolute atomic E-state index is 0.107. The highest BCUT2D eigenvalue weighted by Crippen LogP contribution is 2.30. The maximum absolute atomic E-state index is 13.1. The third kappa shape index (κ3) is 3.86. The summed E-state index contributed by atoms with van der Waals surface area (Å²) in [4.78, 5) is 12.6. The van der Waals surface area contributed by atoms with Gasteiger partial charge in [-0.25, -0.2) is 12.8 Å². The van der Waals surface area contributed by atoms with Gasteiger partial charge in [-0.15, -0.1) is 0 Å². The Balaban J connectivity index is 1.77. The van der Waals surface area contributed by atoms with E-state index in [1.807, 2.05) is 18.4 Å². The van der Waals surface area contributed by atoms with Crippen LogP contribution in [0.4, 0.5) is 4.39 Å². The fourth-order valence-corrected chi connectivity index (χ4v) is 5.58. The Kier molecular flexibility index (Phi) is 5.25. The molecule has 8 heteroatoms. The third-order valence-corrected chi connectivity index (χ3v) is 6.98. The summed E-state index contributed by atoms with van der Waals surface area (Å²) in [5.74, 6) is 0.0675. The van der Waals surface area contributed by atoms with Crippen LogP contribution in [0.1, 0.15) is 34.2 Å². The molecule has 1 aliphatic rings. The molecule has 0 N–H and O–H groups in total. The lowest BCUT2D eigenvalue weighted by Crippen LogP contribution is -2.16. The van der Waals surface area contributed by atoms with E-state index in [0.29, 0.717) is 22.2 Å². The molecule has 3 rings (SSSR count). The molecule has 2 aromatic rings. The van der Waals surface area contributed by atoms with Crippen LogP contribution in [0.2, 0.25) is 0 Å². The molecular formula is C18H19BrFNO4S. The molecule has 1 aliphatic heterocycles. The SMILES string of the molecule is Cc1cc(C(=O)COc2ccc(F)cc2Br)c(C)n1C1CCS(=O)(=O)C1. The number of aryl methyl sites for hydroxylation is 1. The Hall–Kier alpha value is -1.67. The number of aromatic nitrogens is 1. The maximum Gasteiger partial charge on any atom is 0.202 e. The van der Waals surface area contributed by atoms with E-state index in [0.717, 1.165) is 11.4 Å². The molecule has 1 aromatic heterocycles. The Labute approximate surface area is 160 Å². The average molecular weight is 444 g/mol. The summed E-state index contributed by atoms with van der Waals surface area (Å²) in [6.45, 7) is 3.50. The number of rotatable bonds is 5. The molecule has 26 heavy (non-hydrogen) atoms. The van der Waals surface area contributed by atoms with Crippen LogP contribution in [0.25, 0.3) is 0 Å². The van der Waals surface area contributed by atoms with Gasteiger partial charge in [0.1, 0.15) is 11.6 Å². The van der Waals surface area contributed by atoms with E-state index >= 15 is 0 Å². The van der Waals surface area contributed by atoms with Crippen LogP contribution < -0.4 is 4.74 Å². The highest BCUT2D eigenvalue weighted by atomic mass is 79.9. The number of Topliss-reactive ketones (excluding diaryl/α,β-unsaturated/α-hetero) is 1. The van der Waals surface area contributed by atoms with Crippen molar-refractivity contribution in [3.8, 4) is 5.75 Å². The normalized spacial score (nSPS) is 18.8. The van der Waals surface area contributed by atoms with Gasteiger partial charge in [0.25, 0.3) is 0 Å². The largest absolute Gasteiger partial charge is 0.484 e. The van der Waals surface area contributed by atoms with Gasteiger partial charge in [0.05, 0.1) is 16.0 Å².